The molecule has 1 atom stereocenters. The first kappa shape index (κ1) is 6.64. The average molecular weight is 117 g/mol. The summed E-state index contributed by atoms with van der Waals surface area (Å²) in [5.41, 5.74) is 0. The Bertz CT molecular complexity index is 72.1. The fraction of sp³-hybridized carbons (Fsp3) is 0.250. The molecule has 0 amide bonds. The van der Waals surface area contributed by atoms with Crippen LogP contribution in [0.3, 0.4) is 0 Å². The molecule has 1 unspecified atom stereocenters. The Labute approximate surface area is 45.2 Å². The first-order valence-electron chi connectivity index (χ1n) is 1.96. The summed E-state index contributed by atoms with van der Waals surface area (Å²) in [6.07, 6.45) is 4.76. The van der Waals surface area contributed by atoms with Crippen LogP contribution < -0.4 is 5.09 Å². The maximum atomic E-state index is 9.59. The highest BCUT2D eigenvalue weighted by atomic mass is 31.0. The third-order valence-corrected chi connectivity index (χ3v) is 0.639. The summed E-state index contributed by atoms with van der Waals surface area (Å²) in [5.74, 6) is 0. The lowest BCUT2D eigenvalue weighted by molar-refractivity contribution is -0.107. The summed E-state index contributed by atoms with van der Waals surface area (Å²) in [6, 6.07) is 0. The molecule has 0 aliphatic heterocycles. The fourth-order valence-electron chi connectivity index (χ4n) is 0.192. The van der Waals surface area contributed by atoms with Crippen LogP contribution in [0.2, 0.25) is 0 Å². The molecule has 0 aliphatic rings. The smallest absolute Gasteiger partial charge is 0.123 e. The van der Waals surface area contributed by atoms with Crippen LogP contribution in [-0.2, 0) is 4.79 Å². The minimum atomic E-state index is 0.488. The molecule has 0 aromatic rings. The predicted octanol–water partition coefficient (Wildman–Crippen LogP) is 0.469. The number of hydrogen-bond donors (Lipinski definition) is 1. The highest BCUT2D eigenvalue weighted by Crippen LogP contribution is 1.74. The van der Waals surface area contributed by atoms with Gasteiger partial charge in [-0.25, -0.2) is 0 Å². The van der Waals surface area contributed by atoms with Gasteiger partial charge in [0.05, 0.1) is 0 Å². The van der Waals surface area contributed by atoms with Gasteiger partial charge in [0.25, 0.3) is 0 Å². The summed E-state index contributed by atoms with van der Waals surface area (Å²) < 4.78 is 0. The zero-order chi connectivity index (χ0) is 5.54. The van der Waals surface area contributed by atoms with Crippen LogP contribution in [0, 0.1) is 0 Å². The minimum Gasteiger partial charge on any atom is -0.376 e. The number of rotatable bonds is 3. The van der Waals surface area contributed by atoms with Gasteiger partial charge in [0.15, 0.2) is 0 Å². The molecule has 3 heteroatoms. The van der Waals surface area contributed by atoms with E-state index in [4.69, 9.17) is 0 Å². The first-order valence-corrected chi connectivity index (χ1v) is 2.54. The third-order valence-electron chi connectivity index (χ3n) is 0.446. The van der Waals surface area contributed by atoms with Crippen molar-refractivity contribution in [2.24, 2.45) is 0 Å². The molecule has 0 aromatic carbocycles. The maximum Gasteiger partial charge on any atom is 0.123 e. The summed E-state index contributed by atoms with van der Waals surface area (Å²) >= 11 is 0. The normalized spacial score (nSPS) is 9.29. The lowest BCUT2D eigenvalue weighted by atomic mass is 10.5. The number of carbonyl (C=O) groups is 1. The van der Waals surface area contributed by atoms with Crippen LogP contribution in [0.5, 0.6) is 0 Å². The Balaban J connectivity index is 2.92. The van der Waals surface area contributed by atoms with Crippen molar-refractivity contribution >= 4 is 15.7 Å². The molecule has 0 saturated carbocycles. The lowest BCUT2D eigenvalue weighted by Crippen LogP contribution is -1.78. The van der Waals surface area contributed by atoms with E-state index >= 15 is 0 Å². The standard InChI is InChI=1S/C4H8NOP/c6-4-2-1-3-5-7/h1,3-5H,2,7H2/b3-1-. The molecular formula is C4H8NOP. The lowest BCUT2D eigenvalue weighted by Gasteiger charge is -1.78. The van der Waals surface area contributed by atoms with Gasteiger partial charge in [0, 0.05) is 6.42 Å². The molecule has 1 N–H and O–H groups in total. The van der Waals surface area contributed by atoms with Crippen LogP contribution in [0.25, 0.3) is 0 Å². The molecule has 0 saturated heterocycles. The number of nitrogens with one attached hydrogen (secondary N) is 1. The van der Waals surface area contributed by atoms with Crippen molar-refractivity contribution in [3.05, 3.63) is 12.3 Å². The zero-order valence-corrected chi connectivity index (χ0v) is 5.08. The van der Waals surface area contributed by atoms with Crippen molar-refractivity contribution in [2.75, 3.05) is 0 Å². The molecule has 0 aromatic heterocycles. The predicted molar refractivity (Wildman–Crippen MR) is 32.7 cm³/mol. The Kier molecular flexibility index (Phi) is 5.35. The van der Waals surface area contributed by atoms with E-state index in [0.717, 1.165) is 6.29 Å². The van der Waals surface area contributed by atoms with Gasteiger partial charge in [-0.3, -0.25) is 0 Å². The molecule has 40 valence electrons. The second kappa shape index (κ2) is 5.64. The van der Waals surface area contributed by atoms with Gasteiger partial charge in [-0.1, -0.05) is 6.08 Å². The van der Waals surface area contributed by atoms with Crippen molar-refractivity contribution < 1.29 is 4.79 Å². The maximum absolute atomic E-state index is 9.59. The van der Waals surface area contributed by atoms with E-state index in [1.54, 1.807) is 12.3 Å². The van der Waals surface area contributed by atoms with Gasteiger partial charge in [0.2, 0.25) is 0 Å². The SMILES string of the molecule is O=CC/C=C\NP. The van der Waals surface area contributed by atoms with Crippen LogP contribution in [-0.4, -0.2) is 6.29 Å². The van der Waals surface area contributed by atoms with E-state index in [0.29, 0.717) is 6.42 Å². The van der Waals surface area contributed by atoms with Gasteiger partial charge >= 0.3 is 0 Å². The van der Waals surface area contributed by atoms with Gasteiger partial charge in [0.1, 0.15) is 6.29 Å². The van der Waals surface area contributed by atoms with E-state index in [9.17, 15) is 4.79 Å². The molecule has 0 heterocycles. The molecule has 0 fully saturated rings. The van der Waals surface area contributed by atoms with E-state index in [1.165, 1.54) is 0 Å². The molecule has 0 rings (SSSR count). The largest absolute Gasteiger partial charge is 0.376 e. The Morgan fingerprint density at radius 3 is 2.86 bits per heavy atom. The van der Waals surface area contributed by atoms with Crippen molar-refractivity contribution in [3.8, 4) is 0 Å². The van der Waals surface area contributed by atoms with Crippen molar-refractivity contribution in [1.82, 2.24) is 5.09 Å². The monoisotopic (exact) mass is 117 g/mol. The number of hydrogen-bond acceptors (Lipinski definition) is 2. The van der Waals surface area contributed by atoms with Gasteiger partial charge in [-0.15, -0.1) is 0 Å². The van der Waals surface area contributed by atoms with E-state index in [1.807, 2.05) is 0 Å². The quantitative estimate of drug-likeness (QED) is 0.430. The first-order chi connectivity index (χ1) is 3.41. The fourth-order valence-corrected chi connectivity index (χ4v) is 0.328. The highest BCUT2D eigenvalue weighted by Gasteiger charge is 1.65. The average Bonchev–Trinajstić information content (AvgIpc) is 1.69. The van der Waals surface area contributed by atoms with Crippen molar-refractivity contribution in [1.29, 1.82) is 0 Å². The minimum absolute atomic E-state index is 0.488. The zero-order valence-electron chi connectivity index (χ0n) is 3.92. The van der Waals surface area contributed by atoms with Crippen LogP contribution >= 0.6 is 9.39 Å². The Morgan fingerprint density at radius 2 is 2.43 bits per heavy atom. The highest BCUT2D eigenvalue weighted by molar-refractivity contribution is 7.13. The summed E-state index contributed by atoms with van der Waals surface area (Å²) in [6.45, 7) is 0. The molecule has 0 aliphatic carbocycles. The molecule has 0 spiro atoms. The summed E-state index contributed by atoms with van der Waals surface area (Å²) in [4.78, 5) is 9.59. The summed E-state index contributed by atoms with van der Waals surface area (Å²) in [5, 5.41) is 2.68. The van der Waals surface area contributed by atoms with Crippen LogP contribution in [0.4, 0.5) is 0 Å². The third kappa shape index (κ3) is 5.64. The number of carbonyl (C=O) groups excluding carboxylic acids is 1. The van der Waals surface area contributed by atoms with E-state index in [-0.39, 0.29) is 0 Å². The molecule has 0 bridgehead atoms. The van der Waals surface area contributed by atoms with Crippen molar-refractivity contribution in [2.45, 2.75) is 6.42 Å². The molecule has 2 nitrogen and oxygen atoms in total. The second-order valence-corrected chi connectivity index (χ2v) is 1.30. The number of allylic oxidation sites excluding steroid dienone is 1. The number of aldehydes is 1. The van der Waals surface area contributed by atoms with E-state index in [2.05, 4.69) is 14.5 Å². The molecular weight excluding hydrogens is 109 g/mol. The van der Waals surface area contributed by atoms with E-state index < -0.39 is 0 Å². The topological polar surface area (TPSA) is 29.1 Å². The Morgan fingerprint density at radius 1 is 1.71 bits per heavy atom. The van der Waals surface area contributed by atoms with Crippen molar-refractivity contribution in [3.63, 3.8) is 0 Å². The summed E-state index contributed by atoms with van der Waals surface area (Å²) in [7, 11) is 2.30. The van der Waals surface area contributed by atoms with Gasteiger partial charge < -0.3 is 9.88 Å². The second-order valence-electron chi connectivity index (χ2n) is 0.971. The Hall–Kier alpha value is -0.360. The van der Waals surface area contributed by atoms with Crippen LogP contribution in [0.1, 0.15) is 6.42 Å². The van der Waals surface area contributed by atoms with Crippen LogP contribution in [0.15, 0.2) is 12.3 Å². The van der Waals surface area contributed by atoms with Gasteiger partial charge in [-0.2, -0.15) is 0 Å². The molecule has 7 heavy (non-hydrogen) atoms. The van der Waals surface area contributed by atoms with Gasteiger partial charge in [-0.05, 0) is 15.6 Å². The molecule has 0 radical (unpaired) electrons.